The van der Waals surface area contributed by atoms with Crippen LogP contribution in [0.1, 0.15) is 20.3 Å². The lowest BCUT2D eigenvalue weighted by molar-refractivity contribution is 0.0787. The first-order valence-electron chi connectivity index (χ1n) is 7.50. The monoisotopic (exact) mass is 339 g/mol. The number of rotatable bonds is 8. The molecule has 1 N–H and O–H groups in total. The van der Waals surface area contributed by atoms with E-state index in [1.165, 1.54) is 0 Å². The molecular formula is C16H22ClN3O3. The Morgan fingerprint density at radius 3 is 2.48 bits per heavy atom. The Bertz CT molecular complexity index is 665. The van der Waals surface area contributed by atoms with Crippen LogP contribution in [-0.4, -0.2) is 43.4 Å². The van der Waals surface area contributed by atoms with Gasteiger partial charge in [-0.1, -0.05) is 0 Å². The molecule has 0 fully saturated rings. The Kier molecular flexibility index (Phi) is 6.24. The predicted octanol–water partition coefficient (Wildman–Crippen LogP) is 3.53. The van der Waals surface area contributed by atoms with E-state index in [2.05, 4.69) is 15.3 Å². The molecule has 1 heterocycles. The fraction of sp³-hybridized carbons (Fsp3) is 0.500. The van der Waals surface area contributed by atoms with E-state index < -0.39 is 0 Å². The number of hydrogen-bond donors (Lipinski definition) is 1. The van der Waals surface area contributed by atoms with Crippen molar-refractivity contribution in [2.75, 3.05) is 32.7 Å². The maximum absolute atomic E-state index is 6.02. The van der Waals surface area contributed by atoms with Crippen molar-refractivity contribution in [3.8, 4) is 11.5 Å². The van der Waals surface area contributed by atoms with Crippen molar-refractivity contribution in [2.45, 2.75) is 26.4 Å². The van der Waals surface area contributed by atoms with E-state index in [9.17, 15) is 0 Å². The third kappa shape index (κ3) is 4.59. The summed E-state index contributed by atoms with van der Waals surface area (Å²) in [5, 5.41) is 4.30. The Hall–Kier alpha value is -1.79. The standard InChI is InChI=1S/C16H22ClN3O3/c1-10(2)23-7-5-6-18-15-11-8-13(21-3)14(22-4)9-12(11)19-16(17)20-15/h8-10H,5-7H2,1-4H3,(H,18,19,20). The third-order valence-corrected chi connectivity index (χ3v) is 3.41. The summed E-state index contributed by atoms with van der Waals surface area (Å²) in [6, 6.07) is 3.63. The molecule has 0 atom stereocenters. The van der Waals surface area contributed by atoms with Gasteiger partial charge in [-0.2, -0.15) is 0 Å². The van der Waals surface area contributed by atoms with Gasteiger partial charge in [-0.3, -0.25) is 0 Å². The SMILES string of the molecule is COc1cc2nc(Cl)nc(NCCCOC(C)C)c2cc1OC. The van der Waals surface area contributed by atoms with Gasteiger partial charge in [0.05, 0.1) is 25.8 Å². The van der Waals surface area contributed by atoms with E-state index in [-0.39, 0.29) is 11.4 Å². The number of aromatic nitrogens is 2. The van der Waals surface area contributed by atoms with E-state index in [4.69, 9.17) is 25.8 Å². The van der Waals surface area contributed by atoms with Gasteiger partial charge in [0.15, 0.2) is 11.5 Å². The molecule has 7 heteroatoms. The molecule has 0 saturated heterocycles. The second-order valence-corrected chi connectivity index (χ2v) is 5.60. The molecule has 0 aliphatic heterocycles. The van der Waals surface area contributed by atoms with Crippen molar-refractivity contribution >= 4 is 28.3 Å². The van der Waals surface area contributed by atoms with Gasteiger partial charge in [0.25, 0.3) is 0 Å². The molecule has 6 nitrogen and oxygen atoms in total. The lowest BCUT2D eigenvalue weighted by atomic mass is 10.2. The van der Waals surface area contributed by atoms with Gasteiger partial charge in [0.2, 0.25) is 5.28 Å². The summed E-state index contributed by atoms with van der Waals surface area (Å²) in [7, 11) is 3.18. The highest BCUT2D eigenvalue weighted by Crippen LogP contribution is 2.34. The zero-order chi connectivity index (χ0) is 16.8. The summed E-state index contributed by atoms with van der Waals surface area (Å²) in [4.78, 5) is 8.51. The molecule has 2 aromatic rings. The minimum Gasteiger partial charge on any atom is -0.493 e. The van der Waals surface area contributed by atoms with Crippen molar-refractivity contribution in [1.82, 2.24) is 9.97 Å². The van der Waals surface area contributed by atoms with Crippen molar-refractivity contribution in [3.63, 3.8) is 0 Å². The zero-order valence-corrected chi connectivity index (χ0v) is 14.6. The van der Waals surface area contributed by atoms with E-state index in [0.717, 1.165) is 18.4 Å². The van der Waals surface area contributed by atoms with Crippen molar-refractivity contribution in [1.29, 1.82) is 0 Å². The average Bonchev–Trinajstić information content (AvgIpc) is 2.52. The molecule has 0 unspecified atom stereocenters. The number of methoxy groups -OCH3 is 2. The first-order chi connectivity index (χ1) is 11.0. The number of hydrogen-bond acceptors (Lipinski definition) is 6. The number of benzene rings is 1. The molecule has 1 aromatic carbocycles. The average molecular weight is 340 g/mol. The molecule has 23 heavy (non-hydrogen) atoms. The van der Waals surface area contributed by atoms with E-state index in [1.54, 1.807) is 20.3 Å². The fourth-order valence-corrected chi connectivity index (χ4v) is 2.34. The fourth-order valence-electron chi connectivity index (χ4n) is 2.16. The van der Waals surface area contributed by atoms with Crippen molar-refractivity contribution in [2.24, 2.45) is 0 Å². The Morgan fingerprint density at radius 1 is 1.13 bits per heavy atom. The van der Waals surface area contributed by atoms with E-state index in [0.29, 0.717) is 29.4 Å². The largest absolute Gasteiger partial charge is 0.493 e. The molecule has 2 rings (SSSR count). The van der Waals surface area contributed by atoms with Gasteiger partial charge in [0, 0.05) is 24.6 Å². The van der Waals surface area contributed by atoms with Crippen LogP contribution in [0.15, 0.2) is 12.1 Å². The molecule has 0 saturated carbocycles. The Balaban J connectivity index is 2.21. The summed E-state index contributed by atoms with van der Waals surface area (Å²) in [6.07, 6.45) is 1.11. The number of anilines is 1. The molecular weight excluding hydrogens is 318 g/mol. The maximum Gasteiger partial charge on any atom is 0.224 e. The summed E-state index contributed by atoms with van der Waals surface area (Å²) >= 11 is 6.02. The molecule has 0 aliphatic carbocycles. The van der Waals surface area contributed by atoms with E-state index >= 15 is 0 Å². The first-order valence-corrected chi connectivity index (χ1v) is 7.87. The van der Waals surface area contributed by atoms with Crippen molar-refractivity contribution < 1.29 is 14.2 Å². The summed E-state index contributed by atoms with van der Waals surface area (Å²) in [6.45, 7) is 5.46. The highest BCUT2D eigenvalue weighted by Gasteiger charge is 2.12. The van der Waals surface area contributed by atoms with Crippen molar-refractivity contribution in [3.05, 3.63) is 17.4 Å². The van der Waals surface area contributed by atoms with E-state index in [1.807, 2.05) is 19.9 Å². The van der Waals surface area contributed by atoms with Crippen LogP contribution in [0.25, 0.3) is 10.9 Å². The molecule has 126 valence electrons. The predicted molar refractivity (Wildman–Crippen MR) is 91.8 cm³/mol. The number of ether oxygens (including phenoxy) is 3. The highest BCUT2D eigenvalue weighted by molar-refractivity contribution is 6.28. The zero-order valence-electron chi connectivity index (χ0n) is 13.9. The van der Waals surface area contributed by atoms with Crippen LogP contribution in [0.5, 0.6) is 11.5 Å². The van der Waals surface area contributed by atoms with Crippen LogP contribution in [0.2, 0.25) is 5.28 Å². The van der Waals surface area contributed by atoms with Gasteiger partial charge >= 0.3 is 0 Å². The van der Waals surface area contributed by atoms with Crippen LogP contribution in [0.3, 0.4) is 0 Å². The lowest BCUT2D eigenvalue weighted by Gasteiger charge is -2.13. The van der Waals surface area contributed by atoms with Gasteiger partial charge in [0.1, 0.15) is 5.82 Å². The molecule has 0 amide bonds. The normalized spacial score (nSPS) is 11.0. The van der Waals surface area contributed by atoms with Crippen LogP contribution < -0.4 is 14.8 Å². The second-order valence-electron chi connectivity index (χ2n) is 5.27. The number of fused-ring (bicyclic) bond motifs is 1. The Labute approximate surface area is 141 Å². The maximum atomic E-state index is 6.02. The first kappa shape index (κ1) is 17.6. The summed E-state index contributed by atoms with van der Waals surface area (Å²) < 4.78 is 16.2. The van der Waals surface area contributed by atoms with Crippen LogP contribution >= 0.6 is 11.6 Å². The van der Waals surface area contributed by atoms with Crippen LogP contribution in [-0.2, 0) is 4.74 Å². The second kappa shape index (κ2) is 8.17. The van der Waals surface area contributed by atoms with Gasteiger partial charge < -0.3 is 19.5 Å². The smallest absolute Gasteiger partial charge is 0.224 e. The molecule has 0 radical (unpaired) electrons. The topological polar surface area (TPSA) is 65.5 Å². The minimum absolute atomic E-state index is 0.186. The summed E-state index contributed by atoms with van der Waals surface area (Å²) in [5.74, 6) is 1.90. The number of nitrogens with one attached hydrogen (secondary N) is 1. The lowest BCUT2D eigenvalue weighted by Crippen LogP contribution is -2.10. The minimum atomic E-state index is 0.186. The van der Waals surface area contributed by atoms with Crippen LogP contribution in [0.4, 0.5) is 5.82 Å². The highest BCUT2D eigenvalue weighted by atomic mass is 35.5. The molecule has 0 aliphatic rings. The van der Waals surface area contributed by atoms with Gasteiger partial charge in [-0.25, -0.2) is 9.97 Å². The van der Waals surface area contributed by atoms with Crippen LogP contribution in [0, 0.1) is 0 Å². The Morgan fingerprint density at radius 2 is 1.83 bits per heavy atom. The number of halogens is 1. The molecule has 1 aromatic heterocycles. The quantitative estimate of drug-likeness (QED) is 0.586. The van der Waals surface area contributed by atoms with Gasteiger partial charge in [-0.05, 0) is 37.9 Å². The summed E-state index contributed by atoms with van der Waals surface area (Å²) in [5.41, 5.74) is 0.698. The number of nitrogens with zero attached hydrogens (tertiary/aromatic N) is 2. The molecule has 0 spiro atoms. The van der Waals surface area contributed by atoms with Gasteiger partial charge in [-0.15, -0.1) is 0 Å². The third-order valence-electron chi connectivity index (χ3n) is 3.24. The molecule has 0 bridgehead atoms.